The van der Waals surface area contributed by atoms with Crippen molar-refractivity contribution in [2.45, 2.75) is 32.2 Å². The highest BCUT2D eigenvalue weighted by atomic mass is 16.6. The van der Waals surface area contributed by atoms with Gasteiger partial charge in [-0.3, -0.25) is 14.9 Å². The van der Waals surface area contributed by atoms with E-state index in [-0.39, 0.29) is 23.5 Å². The maximum Gasteiger partial charge on any atom is 0.311 e. The van der Waals surface area contributed by atoms with Crippen molar-refractivity contribution >= 4 is 17.5 Å². The van der Waals surface area contributed by atoms with Gasteiger partial charge in [-0.25, -0.2) is 4.98 Å². The number of rotatable bonds is 4. The summed E-state index contributed by atoms with van der Waals surface area (Å²) in [5.74, 6) is -0.960. The van der Waals surface area contributed by atoms with Gasteiger partial charge in [-0.15, -0.1) is 0 Å². The average molecular weight is 265 g/mol. The summed E-state index contributed by atoms with van der Waals surface area (Å²) in [5.41, 5.74) is 0.602. The molecule has 0 aliphatic heterocycles. The van der Waals surface area contributed by atoms with Gasteiger partial charge in [0.15, 0.2) is 0 Å². The second-order valence-corrected chi connectivity index (χ2v) is 4.77. The normalized spacial score (nSPS) is 22.2. The van der Waals surface area contributed by atoms with Crippen molar-refractivity contribution < 1.29 is 14.8 Å². The third-order valence-electron chi connectivity index (χ3n) is 3.33. The van der Waals surface area contributed by atoms with Crippen LogP contribution in [0.2, 0.25) is 0 Å². The monoisotopic (exact) mass is 265 g/mol. The van der Waals surface area contributed by atoms with Gasteiger partial charge in [-0.2, -0.15) is 0 Å². The summed E-state index contributed by atoms with van der Waals surface area (Å²) >= 11 is 0. The van der Waals surface area contributed by atoms with Crippen molar-refractivity contribution in [2.24, 2.45) is 5.92 Å². The Hall–Kier alpha value is -2.18. The molecular weight excluding hydrogens is 250 g/mol. The van der Waals surface area contributed by atoms with Crippen LogP contribution in [0.15, 0.2) is 12.1 Å². The van der Waals surface area contributed by atoms with Gasteiger partial charge in [0.1, 0.15) is 0 Å². The van der Waals surface area contributed by atoms with Crippen LogP contribution in [0.5, 0.6) is 0 Å². The topological polar surface area (TPSA) is 105 Å². The van der Waals surface area contributed by atoms with E-state index < -0.39 is 10.9 Å². The van der Waals surface area contributed by atoms with Gasteiger partial charge in [0.05, 0.1) is 10.8 Å². The van der Waals surface area contributed by atoms with E-state index in [0.29, 0.717) is 25.0 Å². The van der Waals surface area contributed by atoms with Crippen LogP contribution < -0.4 is 5.32 Å². The number of anilines is 1. The maximum absolute atomic E-state index is 10.9. The highest BCUT2D eigenvalue weighted by Crippen LogP contribution is 2.30. The zero-order valence-corrected chi connectivity index (χ0v) is 10.5. The lowest BCUT2D eigenvalue weighted by atomic mass is 10.1. The highest BCUT2D eigenvalue weighted by Gasteiger charge is 2.31. The molecule has 1 saturated carbocycles. The number of hydrogen-bond acceptors (Lipinski definition) is 5. The summed E-state index contributed by atoms with van der Waals surface area (Å²) in [6, 6.07) is 2.92. The molecule has 2 N–H and O–H groups in total. The van der Waals surface area contributed by atoms with Crippen molar-refractivity contribution in [3.05, 3.63) is 27.9 Å². The minimum Gasteiger partial charge on any atom is -0.481 e. The van der Waals surface area contributed by atoms with Crippen LogP contribution in [0, 0.1) is 23.0 Å². The van der Waals surface area contributed by atoms with E-state index in [2.05, 4.69) is 10.3 Å². The molecule has 0 spiro atoms. The molecular formula is C12H15N3O4. The number of carboxylic acids is 1. The quantitative estimate of drug-likeness (QED) is 0.636. The van der Waals surface area contributed by atoms with Gasteiger partial charge in [-0.05, 0) is 32.3 Å². The fraction of sp³-hybridized carbons (Fsp3) is 0.500. The van der Waals surface area contributed by atoms with Crippen LogP contribution in [0.1, 0.15) is 25.0 Å². The Morgan fingerprint density at radius 3 is 2.84 bits per heavy atom. The second kappa shape index (κ2) is 5.21. The molecule has 1 aliphatic rings. The third kappa shape index (κ3) is 2.98. The van der Waals surface area contributed by atoms with Crippen LogP contribution in [0.25, 0.3) is 0 Å². The zero-order chi connectivity index (χ0) is 14.0. The fourth-order valence-electron chi connectivity index (χ4n) is 2.33. The molecule has 0 aromatic carbocycles. The summed E-state index contributed by atoms with van der Waals surface area (Å²) in [5, 5.41) is 22.8. The average Bonchev–Trinajstić information content (AvgIpc) is 2.77. The Bertz CT molecular complexity index is 518. The van der Waals surface area contributed by atoms with E-state index in [1.165, 1.54) is 6.07 Å². The first kappa shape index (κ1) is 13.3. The number of nitrogens with zero attached hydrogens (tertiary/aromatic N) is 2. The number of aryl methyl sites for hydroxylation is 1. The first-order valence-electron chi connectivity index (χ1n) is 6.08. The highest BCUT2D eigenvalue weighted by molar-refractivity contribution is 5.70. The van der Waals surface area contributed by atoms with Crippen molar-refractivity contribution in [1.82, 2.24) is 4.98 Å². The lowest BCUT2D eigenvalue weighted by molar-refractivity contribution is -0.384. The molecule has 7 nitrogen and oxygen atoms in total. The molecule has 1 aliphatic carbocycles. The van der Waals surface area contributed by atoms with Crippen molar-refractivity contribution in [2.75, 3.05) is 5.32 Å². The van der Waals surface area contributed by atoms with E-state index >= 15 is 0 Å². The predicted molar refractivity (Wildman–Crippen MR) is 68.0 cm³/mol. The van der Waals surface area contributed by atoms with E-state index in [1.54, 1.807) is 13.0 Å². The molecule has 0 bridgehead atoms. The van der Waals surface area contributed by atoms with E-state index in [9.17, 15) is 14.9 Å². The molecule has 1 heterocycles. The Kier molecular flexibility index (Phi) is 3.64. The third-order valence-corrected chi connectivity index (χ3v) is 3.33. The molecule has 1 aromatic heterocycles. The number of nitrogens with one attached hydrogen (secondary N) is 1. The molecule has 7 heteroatoms. The SMILES string of the molecule is Cc1ccc([N+](=O)[O-])c(N[C@H]2CC[C@@H](C(=O)O)C2)n1. The standard InChI is InChI=1S/C12H15N3O4/c1-7-2-5-10(15(18)19)11(13-7)14-9-4-3-8(6-9)12(16)17/h2,5,8-9H,3-4,6H2,1H3,(H,13,14)(H,16,17)/t8-,9+/m1/s1. The lowest BCUT2D eigenvalue weighted by Crippen LogP contribution is -2.19. The number of nitro groups is 1. The first-order valence-corrected chi connectivity index (χ1v) is 6.08. The maximum atomic E-state index is 10.9. The van der Waals surface area contributed by atoms with Crippen molar-refractivity contribution in [3.8, 4) is 0 Å². The van der Waals surface area contributed by atoms with Crippen LogP contribution in [0.3, 0.4) is 0 Å². The summed E-state index contributed by atoms with van der Waals surface area (Å²) in [6.45, 7) is 1.75. The Morgan fingerprint density at radius 2 is 2.26 bits per heavy atom. The minimum atomic E-state index is -0.809. The van der Waals surface area contributed by atoms with Crippen LogP contribution in [-0.4, -0.2) is 27.0 Å². The minimum absolute atomic E-state index is 0.0749. The summed E-state index contributed by atoms with van der Waals surface area (Å²) in [7, 11) is 0. The number of pyridine rings is 1. The molecule has 102 valence electrons. The van der Waals surface area contributed by atoms with Crippen molar-refractivity contribution in [1.29, 1.82) is 0 Å². The molecule has 0 amide bonds. The van der Waals surface area contributed by atoms with Gasteiger partial charge >= 0.3 is 11.7 Å². The molecule has 2 atom stereocenters. The second-order valence-electron chi connectivity index (χ2n) is 4.77. The van der Waals surface area contributed by atoms with Crippen LogP contribution in [0.4, 0.5) is 11.5 Å². The number of carbonyl (C=O) groups is 1. The van der Waals surface area contributed by atoms with Gasteiger partial charge in [-0.1, -0.05) is 0 Å². The Balaban J connectivity index is 2.13. The smallest absolute Gasteiger partial charge is 0.311 e. The van der Waals surface area contributed by atoms with Gasteiger partial charge in [0.25, 0.3) is 0 Å². The number of carboxylic acid groups (broad SMARTS) is 1. The summed E-state index contributed by atoms with van der Waals surface area (Å²) in [6.07, 6.45) is 1.75. The molecule has 0 saturated heterocycles. The van der Waals surface area contributed by atoms with Gasteiger partial charge < -0.3 is 10.4 Å². The lowest BCUT2D eigenvalue weighted by Gasteiger charge is -2.13. The molecule has 1 aromatic rings. The van der Waals surface area contributed by atoms with E-state index in [0.717, 1.165) is 0 Å². The predicted octanol–water partition coefficient (Wildman–Crippen LogP) is 1.96. The summed E-state index contributed by atoms with van der Waals surface area (Å²) in [4.78, 5) is 25.4. The molecule has 19 heavy (non-hydrogen) atoms. The van der Waals surface area contributed by atoms with E-state index in [4.69, 9.17) is 5.11 Å². The number of aliphatic carboxylic acids is 1. The number of hydrogen-bond donors (Lipinski definition) is 2. The van der Waals surface area contributed by atoms with E-state index in [1.807, 2.05) is 0 Å². The molecule has 0 unspecified atom stereocenters. The van der Waals surface area contributed by atoms with Crippen molar-refractivity contribution in [3.63, 3.8) is 0 Å². The fourth-order valence-corrected chi connectivity index (χ4v) is 2.33. The number of aromatic nitrogens is 1. The van der Waals surface area contributed by atoms with Gasteiger partial charge in [0.2, 0.25) is 5.82 Å². The van der Waals surface area contributed by atoms with Gasteiger partial charge in [0, 0.05) is 17.8 Å². The van der Waals surface area contributed by atoms with Crippen LogP contribution >= 0.6 is 0 Å². The Morgan fingerprint density at radius 1 is 1.53 bits per heavy atom. The molecule has 1 fully saturated rings. The molecule has 2 rings (SSSR count). The molecule has 0 radical (unpaired) electrons. The zero-order valence-electron chi connectivity index (χ0n) is 10.5. The largest absolute Gasteiger partial charge is 0.481 e. The Labute approximate surface area is 109 Å². The summed E-state index contributed by atoms with van der Waals surface area (Å²) < 4.78 is 0. The van der Waals surface area contributed by atoms with Crippen LogP contribution in [-0.2, 0) is 4.79 Å². The first-order chi connectivity index (χ1) is 8.97.